The number of nitrogens with zero attached hydrogens (tertiary/aromatic N) is 1. The van der Waals surface area contributed by atoms with Gasteiger partial charge in [-0.15, -0.1) is 0 Å². The largest absolute Gasteiger partial charge is 0.493 e. The van der Waals surface area contributed by atoms with Gasteiger partial charge in [0, 0.05) is 12.1 Å². The summed E-state index contributed by atoms with van der Waals surface area (Å²) in [7, 11) is 0. The molecule has 0 fully saturated rings. The third-order valence-corrected chi connectivity index (χ3v) is 3.35. The number of hydrogen-bond donors (Lipinski definition) is 1. The van der Waals surface area contributed by atoms with E-state index in [0.717, 1.165) is 24.2 Å². The molecule has 0 aromatic heterocycles. The standard InChI is InChI=1S/C16H21NO4/c1-11(2)9-17(10-15(18)19)16(20)13-5-6-14-12(8-13)4-3-7-21-14/h5-6,8,11H,3-4,7,9-10H2,1-2H3,(H,18,19). The summed E-state index contributed by atoms with van der Waals surface area (Å²) in [5.74, 6) is -0.189. The molecule has 114 valence electrons. The van der Waals surface area contributed by atoms with Crippen molar-refractivity contribution in [1.29, 1.82) is 0 Å². The number of rotatable bonds is 5. The van der Waals surface area contributed by atoms with Gasteiger partial charge in [-0.3, -0.25) is 9.59 Å². The Bertz CT molecular complexity index is 539. The van der Waals surface area contributed by atoms with E-state index in [4.69, 9.17) is 9.84 Å². The summed E-state index contributed by atoms with van der Waals surface area (Å²) < 4.78 is 5.53. The van der Waals surface area contributed by atoms with Crippen molar-refractivity contribution in [3.8, 4) is 5.75 Å². The molecule has 21 heavy (non-hydrogen) atoms. The van der Waals surface area contributed by atoms with Crippen molar-refractivity contribution in [3.63, 3.8) is 0 Å². The third-order valence-electron chi connectivity index (χ3n) is 3.35. The fourth-order valence-electron chi connectivity index (χ4n) is 2.50. The molecule has 0 aliphatic carbocycles. The van der Waals surface area contributed by atoms with Gasteiger partial charge in [-0.1, -0.05) is 13.8 Å². The predicted octanol–water partition coefficient (Wildman–Crippen LogP) is 2.19. The van der Waals surface area contributed by atoms with E-state index >= 15 is 0 Å². The number of benzene rings is 1. The topological polar surface area (TPSA) is 66.8 Å². The van der Waals surface area contributed by atoms with Gasteiger partial charge in [-0.25, -0.2) is 0 Å². The monoisotopic (exact) mass is 291 g/mol. The lowest BCUT2D eigenvalue weighted by atomic mass is 10.0. The maximum Gasteiger partial charge on any atom is 0.323 e. The average molecular weight is 291 g/mol. The molecule has 0 unspecified atom stereocenters. The molecule has 1 aromatic rings. The minimum absolute atomic E-state index is 0.217. The minimum atomic E-state index is -0.995. The van der Waals surface area contributed by atoms with E-state index in [-0.39, 0.29) is 18.4 Å². The first-order valence-electron chi connectivity index (χ1n) is 7.24. The van der Waals surface area contributed by atoms with E-state index in [2.05, 4.69) is 0 Å². The summed E-state index contributed by atoms with van der Waals surface area (Å²) in [4.78, 5) is 24.9. The Morgan fingerprint density at radius 2 is 2.14 bits per heavy atom. The van der Waals surface area contributed by atoms with Crippen molar-refractivity contribution in [2.75, 3.05) is 19.7 Å². The van der Waals surface area contributed by atoms with Crippen molar-refractivity contribution in [2.24, 2.45) is 5.92 Å². The molecule has 5 heteroatoms. The molecule has 1 N–H and O–H groups in total. The van der Waals surface area contributed by atoms with Crippen LogP contribution >= 0.6 is 0 Å². The number of carboxylic acid groups (broad SMARTS) is 1. The van der Waals surface area contributed by atoms with Crippen LogP contribution in [-0.2, 0) is 11.2 Å². The lowest BCUT2D eigenvalue weighted by Gasteiger charge is -2.24. The van der Waals surface area contributed by atoms with Crippen molar-refractivity contribution in [2.45, 2.75) is 26.7 Å². The van der Waals surface area contributed by atoms with Gasteiger partial charge < -0.3 is 14.7 Å². The molecule has 0 radical (unpaired) electrons. The minimum Gasteiger partial charge on any atom is -0.493 e. The van der Waals surface area contributed by atoms with Crippen LogP contribution in [0.2, 0.25) is 0 Å². The number of carbonyl (C=O) groups excluding carboxylic acids is 1. The SMILES string of the molecule is CC(C)CN(CC(=O)O)C(=O)c1ccc2c(c1)CCCO2. The van der Waals surface area contributed by atoms with Gasteiger partial charge >= 0.3 is 5.97 Å². The molecular formula is C16H21NO4. The zero-order valence-electron chi connectivity index (χ0n) is 12.5. The molecule has 1 aromatic carbocycles. The van der Waals surface area contributed by atoms with E-state index < -0.39 is 5.97 Å². The van der Waals surface area contributed by atoms with Crippen LogP contribution in [0.25, 0.3) is 0 Å². The molecule has 0 spiro atoms. The Morgan fingerprint density at radius 3 is 2.81 bits per heavy atom. The van der Waals surface area contributed by atoms with Gasteiger partial charge in [0.15, 0.2) is 0 Å². The molecule has 1 heterocycles. The van der Waals surface area contributed by atoms with Crippen LogP contribution in [0.5, 0.6) is 5.75 Å². The van der Waals surface area contributed by atoms with Crippen LogP contribution in [-0.4, -0.2) is 41.6 Å². The Balaban J connectivity index is 2.21. The fraction of sp³-hybridized carbons (Fsp3) is 0.500. The van der Waals surface area contributed by atoms with E-state index in [9.17, 15) is 9.59 Å². The normalized spacial score (nSPS) is 13.5. The van der Waals surface area contributed by atoms with Gasteiger partial charge in [0.1, 0.15) is 12.3 Å². The van der Waals surface area contributed by atoms with Crippen LogP contribution in [0.3, 0.4) is 0 Å². The zero-order chi connectivity index (χ0) is 15.4. The highest BCUT2D eigenvalue weighted by molar-refractivity contribution is 5.96. The summed E-state index contributed by atoms with van der Waals surface area (Å²) in [5.41, 5.74) is 1.55. The van der Waals surface area contributed by atoms with Gasteiger partial charge in [0.05, 0.1) is 6.61 Å². The number of carboxylic acids is 1. The second-order valence-electron chi connectivity index (χ2n) is 5.75. The summed E-state index contributed by atoms with van der Waals surface area (Å²) in [6.07, 6.45) is 1.83. The average Bonchev–Trinajstić information content (AvgIpc) is 2.44. The van der Waals surface area contributed by atoms with Gasteiger partial charge in [0.2, 0.25) is 0 Å². The van der Waals surface area contributed by atoms with Gasteiger partial charge in [-0.05, 0) is 42.5 Å². The van der Waals surface area contributed by atoms with Crippen LogP contribution < -0.4 is 4.74 Å². The van der Waals surface area contributed by atoms with Crippen molar-refractivity contribution in [3.05, 3.63) is 29.3 Å². The number of fused-ring (bicyclic) bond motifs is 1. The zero-order valence-corrected chi connectivity index (χ0v) is 12.5. The number of amides is 1. The summed E-state index contributed by atoms with van der Waals surface area (Å²) >= 11 is 0. The molecule has 0 atom stereocenters. The smallest absolute Gasteiger partial charge is 0.323 e. The molecule has 1 amide bonds. The number of carbonyl (C=O) groups is 2. The highest BCUT2D eigenvalue weighted by Crippen LogP contribution is 2.26. The highest BCUT2D eigenvalue weighted by atomic mass is 16.5. The third kappa shape index (κ3) is 3.97. The number of ether oxygens (including phenoxy) is 1. The van der Waals surface area contributed by atoms with Crippen LogP contribution in [0.1, 0.15) is 36.2 Å². The first-order chi connectivity index (χ1) is 9.97. The molecule has 1 aliphatic heterocycles. The van der Waals surface area contributed by atoms with E-state index in [1.807, 2.05) is 19.9 Å². The lowest BCUT2D eigenvalue weighted by Crippen LogP contribution is -2.38. The molecule has 5 nitrogen and oxygen atoms in total. The number of aryl methyl sites for hydroxylation is 1. The fourth-order valence-corrected chi connectivity index (χ4v) is 2.50. The van der Waals surface area contributed by atoms with Gasteiger partial charge in [-0.2, -0.15) is 0 Å². The molecule has 0 saturated heterocycles. The van der Waals surface area contributed by atoms with Crippen molar-refractivity contribution in [1.82, 2.24) is 4.90 Å². The number of hydrogen-bond acceptors (Lipinski definition) is 3. The van der Waals surface area contributed by atoms with Crippen molar-refractivity contribution < 1.29 is 19.4 Å². The predicted molar refractivity (Wildman–Crippen MR) is 78.6 cm³/mol. The molecule has 2 rings (SSSR count). The summed E-state index contributed by atoms with van der Waals surface area (Å²) in [6, 6.07) is 5.34. The Kier molecular flexibility index (Phi) is 4.83. The second-order valence-corrected chi connectivity index (χ2v) is 5.75. The van der Waals surface area contributed by atoms with Crippen LogP contribution in [0.4, 0.5) is 0 Å². The maximum atomic E-state index is 12.5. The van der Waals surface area contributed by atoms with Crippen LogP contribution in [0, 0.1) is 5.92 Å². The second kappa shape index (κ2) is 6.61. The molecule has 0 bridgehead atoms. The Hall–Kier alpha value is -2.04. The molecular weight excluding hydrogens is 270 g/mol. The summed E-state index contributed by atoms with van der Waals surface area (Å²) in [6.45, 7) is 4.79. The van der Waals surface area contributed by atoms with E-state index in [0.29, 0.717) is 18.7 Å². The quantitative estimate of drug-likeness (QED) is 0.903. The Morgan fingerprint density at radius 1 is 1.38 bits per heavy atom. The highest BCUT2D eigenvalue weighted by Gasteiger charge is 2.21. The van der Waals surface area contributed by atoms with E-state index in [1.54, 1.807) is 12.1 Å². The van der Waals surface area contributed by atoms with Crippen molar-refractivity contribution >= 4 is 11.9 Å². The summed E-state index contributed by atoms with van der Waals surface area (Å²) in [5, 5.41) is 8.97. The lowest BCUT2D eigenvalue weighted by molar-refractivity contribution is -0.137. The van der Waals surface area contributed by atoms with Crippen LogP contribution in [0.15, 0.2) is 18.2 Å². The van der Waals surface area contributed by atoms with Gasteiger partial charge in [0.25, 0.3) is 5.91 Å². The van der Waals surface area contributed by atoms with E-state index in [1.165, 1.54) is 4.90 Å². The maximum absolute atomic E-state index is 12.5. The Labute approximate surface area is 124 Å². The first kappa shape index (κ1) is 15.4. The first-order valence-corrected chi connectivity index (χ1v) is 7.24. The molecule has 1 aliphatic rings. The number of aliphatic carboxylic acids is 1. The molecule has 0 saturated carbocycles.